The Morgan fingerprint density at radius 2 is 1.78 bits per heavy atom. The SMILES string of the molecule is COc1ccc(N(CC(=O)N/N=C\c2ccccc2OC)S(=O)(=O)c2ccc(C)c([N+](=O)[O-])c2)cc1. The maximum absolute atomic E-state index is 13.5. The van der Waals surface area contributed by atoms with Gasteiger partial charge in [0.1, 0.15) is 18.0 Å². The number of nitrogens with zero attached hydrogens (tertiary/aromatic N) is 3. The Hall–Kier alpha value is -4.45. The van der Waals surface area contributed by atoms with Crippen LogP contribution in [0.15, 0.2) is 76.7 Å². The number of rotatable bonds is 10. The first-order valence-electron chi connectivity index (χ1n) is 10.5. The lowest BCUT2D eigenvalue weighted by Gasteiger charge is -2.24. The number of para-hydroxylation sites is 1. The molecule has 1 amide bonds. The van der Waals surface area contributed by atoms with Gasteiger partial charge in [-0.2, -0.15) is 5.10 Å². The van der Waals surface area contributed by atoms with E-state index in [1.807, 2.05) is 0 Å². The number of ether oxygens (including phenoxy) is 2. The number of hydrazone groups is 1. The fourth-order valence-corrected chi connectivity index (χ4v) is 4.69. The number of hydrogen-bond donors (Lipinski definition) is 1. The van der Waals surface area contributed by atoms with Gasteiger partial charge in [-0.15, -0.1) is 0 Å². The second-order valence-electron chi connectivity index (χ2n) is 7.45. The molecular weight excluding hydrogens is 488 g/mol. The minimum atomic E-state index is -4.37. The molecule has 3 rings (SSSR count). The zero-order valence-electron chi connectivity index (χ0n) is 19.7. The van der Waals surface area contributed by atoms with E-state index in [1.165, 1.54) is 63.8 Å². The molecule has 0 fully saturated rings. The van der Waals surface area contributed by atoms with Crippen LogP contribution >= 0.6 is 0 Å². The predicted octanol–water partition coefficient (Wildman–Crippen LogP) is 3.27. The van der Waals surface area contributed by atoms with Crippen molar-refractivity contribution in [2.24, 2.45) is 5.10 Å². The zero-order chi connectivity index (χ0) is 26.3. The molecule has 0 spiro atoms. The van der Waals surface area contributed by atoms with E-state index in [4.69, 9.17) is 9.47 Å². The summed E-state index contributed by atoms with van der Waals surface area (Å²) < 4.78 is 38.2. The predicted molar refractivity (Wildman–Crippen MR) is 134 cm³/mol. The van der Waals surface area contributed by atoms with Crippen LogP contribution in [0.25, 0.3) is 0 Å². The number of nitro groups is 1. The number of carbonyl (C=O) groups excluding carboxylic acids is 1. The van der Waals surface area contributed by atoms with Gasteiger partial charge in [-0.25, -0.2) is 13.8 Å². The summed E-state index contributed by atoms with van der Waals surface area (Å²) in [5.41, 5.74) is 3.02. The summed E-state index contributed by atoms with van der Waals surface area (Å²) in [5, 5.41) is 15.3. The molecule has 0 saturated heterocycles. The van der Waals surface area contributed by atoms with Crippen molar-refractivity contribution in [2.75, 3.05) is 25.1 Å². The fraction of sp³-hybridized carbons (Fsp3) is 0.167. The van der Waals surface area contributed by atoms with Crippen molar-refractivity contribution in [3.63, 3.8) is 0 Å². The Morgan fingerprint density at radius 1 is 1.08 bits per heavy atom. The minimum Gasteiger partial charge on any atom is -0.497 e. The molecule has 0 bridgehead atoms. The molecule has 0 aromatic heterocycles. The number of nitrogens with one attached hydrogen (secondary N) is 1. The zero-order valence-corrected chi connectivity index (χ0v) is 20.6. The smallest absolute Gasteiger partial charge is 0.273 e. The van der Waals surface area contributed by atoms with Crippen LogP contribution in [0.3, 0.4) is 0 Å². The van der Waals surface area contributed by atoms with Gasteiger partial charge >= 0.3 is 0 Å². The second-order valence-corrected chi connectivity index (χ2v) is 9.31. The van der Waals surface area contributed by atoms with Gasteiger partial charge in [0.2, 0.25) is 0 Å². The molecule has 1 N–H and O–H groups in total. The lowest BCUT2D eigenvalue weighted by Crippen LogP contribution is -2.39. The second kappa shape index (κ2) is 11.3. The van der Waals surface area contributed by atoms with Crippen molar-refractivity contribution in [3.05, 3.63) is 88.0 Å². The molecule has 0 unspecified atom stereocenters. The molecule has 188 valence electrons. The average Bonchev–Trinajstić information content (AvgIpc) is 2.87. The molecule has 0 aliphatic carbocycles. The molecule has 0 radical (unpaired) electrons. The van der Waals surface area contributed by atoms with Gasteiger partial charge in [0.05, 0.1) is 35.9 Å². The number of nitro benzene ring substituents is 1. The third-order valence-electron chi connectivity index (χ3n) is 5.14. The molecule has 12 heteroatoms. The van der Waals surface area contributed by atoms with E-state index in [-0.39, 0.29) is 16.3 Å². The number of benzene rings is 3. The fourth-order valence-electron chi connectivity index (χ4n) is 3.25. The standard InChI is InChI=1S/C24H24N4O7S/c1-17-8-13-21(14-22(17)28(30)31)36(32,33)27(19-9-11-20(34-2)12-10-19)16-24(29)26-25-15-18-6-4-5-7-23(18)35-3/h4-15H,16H2,1-3H3,(H,26,29)/b25-15-. The number of carbonyl (C=O) groups is 1. The molecule has 3 aromatic carbocycles. The average molecular weight is 513 g/mol. The summed E-state index contributed by atoms with van der Waals surface area (Å²) in [5.74, 6) is 0.286. The van der Waals surface area contributed by atoms with Crippen LogP contribution in [0.4, 0.5) is 11.4 Å². The van der Waals surface area contributed by atoms with Crippen LogP contribution in [0, 0.1) is 17.0 Å². The summed E-state index contributed by atoms with van der Waals surface area (Å²) in [6, 6.07) is 16.6. The summed E-state index contributed by atoms with van der Waals surface area (Å²) in [7, 11) is -1.42. The first-order chi connectivity index (χ1) is 17.2. The number of methoxy groups -OCH3 is 2. The van der Waals surface area contributed by atoms with E-state index in [2.05, 4.69) is 10.5 Å². The first-order valence-corrected chi connectivity index (χ1v) is 12.0. The van der Waals surface area contributed by atoms with Crippen LogP contribution in [0.2, 0.25) is 0 Å². The van der Waals surface area contributed by atoms with Crippen molar-refractivity contribution >= 4 is 33.5 Å². The van der Waals surface area contributed by atoms with E-state index >= 15 is 0 Å². The Morgan fingerprint density at radius 3 is 2.42 bits per heavy atom. The summed E-state index contributed by atoms with van der Waals surface area (Å²) in [6.45, 7) is 0.864. The van der Waals surface area contributed by atoms with E-state index in [0.29, 0.717) is 22.6 Å². The van der Waals surface area contributed by atoms with Crippen LogP contribution in [0.5, 0.6) is 11.5 Å². The number of amides is 1. The highest BCUT2D eigenvalue weighted by Crippen LogP contribution is 2.29. The van der Waals surface area contributed by atoms with Gasteiger partial charge < -0.3 is 9.47 Å². The molecular formula is C24H24N4O7S. The third kappa shape index (κ3) is 5.96. The largest absolute Gasteiger partial charge is 0.497 e. The van der Waals surface area contributed by atoms with Crippen LogP contribution < -0.4 is 19.2 Å². The van der Waals surface area contributed by atoms with Gasteiger partial charge in [-0.1, -0.05) is 18.2 Å². The highest BCUT2D eigenvalue weighted by atomic mass is 32.2. The summed E-state index contributed by atoms with van der Waals surface area (Å²) >= 11 is 0. The highest BCUT2D eigenvalue weighted by Gasteiger charge is 2.29. The van der Waals surface area contributed by atoms with Gasteiger partial charge in [-0.05, 0) is 49.4 Å². The van der Waals surface area contributed by atoms with Crippen molar-refractivity contribution in [1.29, 1.82) is 0 Å². The van der Waals surface area contributed by atoms with Crippen LogP contribution in [-0.2, 0) is 14.8 Å². The normalized spacial score (nSPS) is 11.2. The minimum absolute atomic E-state index is 0.155. The van der Waals surface area contributed by atoms with Gasteiger partial charge in [-0.3, -0.25) is 19.2 Å². The van der Waals surface area contributed by atoms with Crippen LogP contribution in [-0.4, -0.2) is 46.2 Å². The van der Waals surface area contributed by atoms with E-state index in [1.54, 1.807) is 24.3 Å². The molecule has 0 aliphatic rings. The molecule has 0 saturated carbocycles. The van der Waals surface area contributed by atoms with Crippen molar-refractivity contribution in [1.82, 2.24) is 5.43 Å². The number of hydrogen-bond acceptors (Lipinski definition) is 8. The van der Waals surface area contributed by atoms with Crippen LogP contribution in [0.1, 0.15) is 11.1 Å². The number of sulfonamides is 1. The topological polar surface area (TPSA) is 140 Å². The molecule has 11 nitrogen and oxygen atoms in total. The van der Waals surface area contributed by atoms with E-state index in [0.717, 1.165) is 10.4 Å². The Labute approximate surface area is 208 Å². The Balaban J connectivity index is 1.92. The number of aryl methyl sites for hydroxylation is 1. The molecule has 0 heterocycles. The maximum Gasteiger partial charge on any atom is 0.273 e. The first kappa shape index (κ1) is 26.2. The van der Waals surface area contributed by atoms with Crippen molar-refractivity contribution < 1.29 is 27.6 Å². The van der Waals surface area contributed by atoms with E-state index in [9.17, 15) is 23.3 Å². The molecule has 0 atom stereocenters. The van der Waals surface area contributed by atoms with Crippen molar-refractivity contribution in [3.8, 4) is 11.5 Å². The van der Waals surface area contributed by atoms with Crippen molar-refractivity contribution in [2.45, 2.75) is 11.8 Å². The Bertz CT molecular complexity index is 1390. The van der Waals surface area contributed by atoms with Gasteiger partial charge in [0, 0.05) is 17.2 Å². The Kier molecular flexibility index (Phi) is 8.22. The monoisotopic (exact) mass is 512 g/mol. The molecule has 3 aromatic rings. The maximum atomic E-state index is 13.5. The molecule has 0 aliphatic heterocycles. The summed E-state index contributed by atoms with van der Waals surface area (Å²) in [4.78, 5) is 23.1. The van der Waals surface area contributed by atoms with Gasteiger partial charge in [0.25, 0.3) is 21.6 Å². The van der Waals surface area contributed by atoms with Gasteiger partial charge in [0.15, 0.2) is 0 Å². The quantitative estimate of drug-likeness (QED) is 0.250. The summed E-state index contributed by atoms with van der Waals surface area (Å²) in [6.07, 6.45) is 1.37. The lowest BCUT2D eigenvalue weighted by molar-refractivity contribution is -0.385. The number of anilines is 1. The van der Waals surface area contributed by atoms with E-state index < -0.39 is 27.4 Å². The highest BCUT2D eigenvalue weighted by molar-refractivity contribution is 7.92. The third-order valence-corrected chi connectivity index (χ3v) is 6.91. The molecule has 36 heavy (non-hydrogen) atoms. The lowest BCUT2D eigenvalue weighted by atomic mass is 10.2.